The number of hydrogen-bond acceptors (Lipinski definition) is 3. The minimum absolute atomic E-state index is 0.00480. The van der Waals surface area contributed by atoms with Crippen molar-refractivity contribution < 1.29 is 14.3 Å². The van der Waals surface area contributed by atoms with Gasteiger partial charge in [0.15, 0.2) is 0 Å². The number of benzene rings is 3. The van der Waals surface area contributed by atoms with Crippen LogP contribution in [0.2, 0.25) is 0 Å². The van der Waals surface area contributed by atoms with Crippen molar-refractivity contribution in [2.75, 3.05) is 13.7 Å². The van der Waals surface area contributed by atoms with Crippen molar-refractivity contribution in [3.8, 4) is 11.5 Å². The van der Waals surface area contributed by atoms with E-state index in [9.17, 15) is 4.79 Å². The Balaban J connectivity index is 1.62. The van der Waals surface area contributed by atoms with Crippen molar-refractivity contribution in [3.63, 3.8) is 0 Å². The molecule has 0 aliphatic heterocycles. The summed E-state index contributed by atoms with van der Waals surface area (Å²) in [6, 6.07) is 18.1. The molecule has 0 aromatic heterocycles. The number of para-hydroxylation sites is 1. The SMILES string of the molecule is COc1ccc2cc([C@H](C)C(=O)NCC(C)Oc3c(C)cccc3C)ccc2c1. The number of carbonyl (C=O) groups is 1. The maximum atomic E-state index is 12.7. The van der Waals surface area contributed by atoms with Gasteiger partial charge < -0.3 is 14.8 Å². The predicted molar refractivity (Wildman–Crippen MR) is 118 cm³/mol. The van der Waals surface area contributed by atoms with Gasteiger partial charge >= 0.3 is 0 Å². The van der Waals surface area contributed by atoms with Gasteiger partial charge in [-0.15, -0.1) is 0 Å². The summed E-state index contributed by atoms with van der Waals surface area (Å²) in [5.41, 5.74) is 3.19. The van der Waals surface area contributed by atoms with Gasteiger partial charge in [-0.2, -0.15) is 0 Å². The fraction of sp³-hybridized carbons (Fsp3) is 0.320. The number of fused-ring (bicyclic) bond motifs is 1. The first-order valence-corrected chi connectivity index (χ1v) is 9.97. The number of amides is 1. The van der Waals surface area contributed by atoms with E-state index in [2.05, 4.69) is 11.4 Å². The van der Waals surface area contributed by atoms with Gasteiger partial charge in [-0.25, -0.2) is 0 Å². The van der Waals surface area contributed by atoms with Crippen molar-refractivity contribution in [2.45, 2.75) is 39.7 Å². The van der Waals surface area contributed by atoms with Gasteiger partial charge in [0.05, 0.1) is 19.6 Å². The van der Waals surface area contributed by atoms with Crippen molar-refractivity contribution in [2.24, 2.45) is 0 Å². The number of methoxy groups -OCH3 is 1. The molecule has 0 radical (unpaired) electrons. The van der Waals surface area contributed by atoms with Crippen LogP contribution in [0.1, 0.15) is 36.5 Å². The normalized spacial score (nSPS) is 13.0. The molecule has 152 valence electrons. The molecular weight excluding hydrogens is 362 g/mol. The molecule has 0 saturated heterocycles. The van der Waals surface area contributed by atoms with E-state index >= 15 is 0 Å². The van der Waals surface area contributed by atoms with Crippen LogP contribution in [0.25, 0.3) is 10.8 Å². The molecule has 29 heavy (non-hydrogen) atoms. The highest BCUT2D eigenvalue weighted by Gasteiger charge is 2.17. The standard InChI is InChI=1S/C25H29NO3/c1-16-7-6-8-17(2)24(16)29-18(3)15-26-25(27)19(4)20-9-10-22-14-23(28-5)12-11-21(22)13-20/h6-14,18-19H,15H2,1-5H3,(H,26,27)/t18?,19-/m0/s1. The van der Waals surface area contributed by atoms with Crippen LogP contribution in [-0.4, -0.2) is 25.7 Å². The third kappa shape index (κ3) is 4.89. The van der Waals surface area contributed by atoms with Crippen LogP contribution in [0.5, 0.6) is 11.5 Å². The number of rotatable bonds is 7. The Hall–Kier alpha value is -3.01. The summed E-state index contributed by atoms with van der Waals surface area (Å²) in [5, 5.41) is 5.21. The van der Waals surface area contributed by atoms with Crippen LogP contribution in [0.4, 0.5) is 0 Å². The van der Waals surface area contributed by atoms with E-state index < -0.39 is 0 Å². The zero-order chi connectivity index (χ0) is 21.0. The molecule has 3 rings (SSSR count). The highest BCUT2D eigenvalue weighted by molar-refractivity contribution is 5.88. The Labute approximate surface area is 172 Å². The molecule has 0 spiro atoms. The van der Waals surface area contributed by atoms with Crippen LogP contribution in [0, 0.1) is 13.8 Å². The second kappa shape index (κ2) is 8.99. The lowest BCUT2D eigenvalue weighted by molar-refractivity contribution is -0.122. The fourth-order valence-corrected chi connectivity index (χ4v) is 3.42. The molecule has 2 atom stereocenters. The molecule has 0 fully saturated rings. The second-order valence-corrected chi connectivity index (χ2v) is 7.59. The van der Waals surface area contributed by atoms with Gasteiger partial charge in [0, 0.05) is 0 Å². The second-order valence-electron chi connectivity index (χ2n) is 7.59. The Morgan fingerprint density at radius 2 is 1.62 bits per heavy atom. The van der Waals surface area contributed by atoms with Gasteiger partial charge in [-0.05, 0) is 67.3 Å². The van der Waals surface area contributed by atoms with Crippen LogP contribution < -0.4 is 14.8 Å². The van der Waals surface area contributed by atoms with E-state index in [0.29, 0.717) is 6.54 Å². The van der Waals surface area contributed by atoms with Gasteiger partial charge in [0.25, 0.3) is 0 Å². The van der Waals surface area contributed by atoms with E-state index in [0.717, 1.165) is 39.0 Å². The van der Waals surface area contributed by atoms with Crippen molar-refractivity contribution in [1.29, 1.82) is 0 Å². The monoisotopic (exact) mass is 391 g/mol. The fourth-order valence-electron chi connectivity index (χ4n) is 3.42. The van der Waals surface area contributed by atoms with E-state index in [1.165, 1.54) is 0 Å². The van der Waals surface area contributed by atoms with E-state index in [-0.39, 0.29) is 17.9 Å². The minimum Gasteiger partial charge on any atom is -0.497 e. The minimum atomic E-state index is -0.242. The highest BCUT2D eigenvalue weighted by Crippen LogP contribution is 2.26. The lowest BCUT2D eigenvalue weighted by Gasteiger charge is -2.20. The Bertz CT molecular complexity index is 992. The summed E-state index contributed by atoms with van der Waals surface area (Å²) in [7, 11) is 1.66. The Kier molecular flexibility index (Phi) is 6.42. The molecule has 1 N–H and O–H groups in total. The lowest BCUT2D eigenvalue weighted by Crippen LogP contribution is -2.36. The number of ether oxygens (including phenoxy) is 2. The third-order valence-corrected chi connectivity index (χ3v) is 5.26. The van der Waals surface area contributed by atoms with E-state index in [1.807, 2.05) is 76.2 Å². The van der Waals surface area contributed by atoms with Gasteiger partial charge in [0.2, 0.25) is 5.91 Å². The quantitative estimate of drug-likeness (QED) is 0.606. The molecule has 4 heteroatoms. The molecule has 0 saturated carbocycles. The number of nitrogens with one attached hydrogen (secondary N) is 1. The highest BCUT2D eigenvalue weighted by atomic mass is 16.5. The maximum absolute atomic E-state index is 12.7. The third-order valence-electron chi connectivity index (χ3n) is 5.26. The zero-order valence-corrected chi connectivity index (χ0v) is 17.8. The molecule has 0 aliphatic rings. The molecule has 3 aromatic carbocycles. The van der Waals surface area contributed by atoms with E-state index in [4.69, 9.17) is 9.47 Å². The first-order chi connectivity index (χ1) is 13.9. The van der Waals surface area contributed by atoms with Crippen LogP contribution in [0.15, 0.2) is 54.6 Å². The number of aryl methyl sites for hydroxylation is 2. The topological polar surface area (TPSA) is 47.6 Å². The molecule has 1 amide bonds. The summed E-state index contributed by atoms with van der Waals surface area (Å²) in [6.07, 6.45) is -0.116. The van der Waals surface area contributed by atoms with Gasteiger partial charge in [-0.1, -0.05) is 42.5 Å². The van der Waals surface area contributed by atoms with Gasteiger partial charge in [0.1, 0.15) is 17.6 Å². The first-order valence-electron chi connectivity index (χ1n) is 9.97. The largest absolute Gasteiger partial charge is 0.497 e. The molecule has 0 heterocycles. The predicted octanol–water partition coefficient (Wildman–Crippen LogP) is 5.15. The summed E-state index contributed by atoms with van der Waals surface area (Å²) in [6.45, 7) is 8.43. The smallest absolute Gasteiger partial charge is 0.227 e. The number of hydrogen-bond donors (Lipinski definition) is 1. The lowest BCUT2D eigenvalue weighted by atomic mass is 9.97. The molecule has 0 bridgehead atoms. The first kappa shape index (κ1) is 20.7. The molecular formula is C25H29NO3. The van der Waals surface area contributed by atoms with Crippen molar-refractivity contribution in [1.82, 2.24) is 5.32 Å². The van der Waals surface area contributed by atoms with Gasteiger partial charge in [-0.3, -0.25) is 4.79 Å². The summed E-state index contributed by atoms with van der Waals surface area (Å²) >= 11 is 0. The Morgan fingerprint density at radius 1 is 0.966 bits per heavy atom. The number of carbonyl (C=O) groups excluding carboxylic acids is 1. The van der Waals surface area contributed by atoms with Crippen molar-refractivity contribution in [3.05, 3.63) is 71.3 Å². The summed E-state index contributed by atoms with van der Waals surface area (Å²) < 4.78 is 11.3. The van der Waals surface area contributed by atoms with E-state index in [1.54, 1.807) is 7.11 Å². The summed E-state index contributed by atoms with van der Waals surface area (Å²) in [5.74, 6) is 1.48. The molecule has 1 unspecified atom stereocenters. The Morgan fingerprint density at radius 3 is 2.31 bits per heavy atom. The molecule has 3 aromatic rings. The van der Waals surface area contributed by atoms with Crippen molar-refractivity contribution >= 4 is 16.7 Å². The maximum Gasteiger partial charge on any atom is 0.227 e. The molecule has 0 aliphatic carbocycles. The average molecular weight is 392 g/mol. The van der Waals surface area contributed by atoms with Crippen LogP contribution in [-0.2, 0) is 4.79 Å². The van der Waals surface area contributed by atoms with Crippen LogP contribution >= 0.6 is 0 Å². The summed E-state index contributed by atoms with van der Waals surface area (Å²) in [4.78, 5) is 12.7. The molecule has 4 nitrogen and oxygen atoms in total. The zero-order valence-electron chi connectivity index (χ0n) is 17.8. The average Bonchev–Trinajstić information content (AvgIpc) is 2.73. The van der Waals surface area contributed by atoms with Crippen LogP contribution in [0.3, 0.4) is 0 Å².